The molecule has 4 nitrogen and oxygen atoms in total. The minimum absolute atomic E-state index is 0.423. The Hall–Kier alpha value is -0.770. The molecule has 1 atom stereocenters. The molecule has 2 amide bonds. The molecule has 0 bridgehead atoms. The summed E-state index contributed by atoms with van der Waals surface area (Å²) >= 11 is 0. The van der Waals surface area contributed by atoms with Gasteiger partial charge in [-0.25, -0.2) is 4.79 Å². The molecule has 3 N–H and O–H groups in total. The van der Waals surface area contributed by atoms with Crippen molar-refractivity contribution < 1.29 is 4.79 Å². The summed E-state index contributed by atoms with van der Waals surface area (Å²) in [4.78, 5) is 12.9. The highest BCUT2D eigenvalue weighted by Gasteiger charge is 2.17. The number of urea groups is 1. The minimum Gasteiger partial charge on any atom is -0.352 e. The van der Waals surface area contributed by atoms with Gasteiger partial charge in [-0.3, -0.25) is 0 Å². The van der Waals surface area contributed by atoms with Crippen LogP contribution in [0, 0.1) is 0 Å². The lowest BCUT2D eigenvalue weighted by Crippen LogP contribution is -2.36. The Morgan fingerprint density at radius 3 is 2.69 bits per heavy atom. The van der Waals surface area contributed by atoms with Gasteiger partial charge in [0.25, 0.3) is 0 Å². The smallest absolute Gasteiger partial charge is 0.312 e. The van der Waals surface area contributed by atoms with Gasteiger partial charge >= 0.3 is 6.03 Å². The maximum Gasteiger partial charge on any atom is 0.312 e. The van der Waals surface area contributed by atoms with Crippen LogP contribution in [0.5, 0.6) is 0 Å². The van der Waals surface area contributed by atoms with Gasteiger partial charge in [-0.2, -0.15) is 0 Å². The van der Waals surface area contributed by atoms with E-state index in [0.717, 1.165) is 6.42 Å². The van der Waals surface area contributed by atoms with Crippen LogP contribution in [0.3, 0.4) is 0 Å². The van der Waals surface area contributed by atoms with Gasteiger partial charge in [-0.1, -0.05) is 0 Å². The lowest BCUT2D eigenvalue weighted by molar-refractivity contribution is 0.236. The second-order valence-corrected chi connectivity index (χ2v) is 3.67. The molecule has 0 aromatic rings. The zero-order valence-electron chi connectivity index (χ0n) is 8.25. The number of hydrogen-bond donors (Lipinski definition) is 2. The summed E-state index contributed by atoms with van der Waals surface area (Å²) in [5.41, 5.74) is 4.97. The van der Waals surface area contributed by atoms with Crippen molar-refractivity contribution in [3.63, 3.8) is 0 Å². The van der Waals surface area contributed by atoms with Crippen LogP contribution >= 0.6 is 0 Å². The summed E-state index contributed by atoms with van der Waals surface area (Å²) < 4.78 is 0. The number of nitrogens with zero attached hydrogens (tertiary/aromatic N) is 1. The monoisotopic (exact) mass is 185 g/mol. The topological polar surface area (TPSA) is 58.4 Å². The molecule has 76 valence electrons. The summed E-state index contributed by atoms with van der Waals surface area (Å²) in [6.45, 7) is 5.30. The Morgan fingerprint density at radius 2 is 2.15 bits per heavy atom. The number of likely N-dealkylation sites (tertiary alicyclic amines) is 1. The van der Waals surface area contributed by atoms with Crippen molar-refractivity contribution in [2.75, 3.05) is 19.6 Å². The molecule has 1 unspecified atom stereocenters. The average molecular weight is 185 g/mol. The number of primary amides is 1. The zero-order valence-corrected chi connectivity index (χ0v) is 8.25. The average Bonchev–Trinajstić information content (AvgIpc) is 2.55. The van der Waals surface area contributed by atoms with E-state index in [-0.39, 0.29) is 0 Å². The Morgan fingerprint density at radius 1 is 1.54 bits per heavy atom. The van der Waals surface area contributed by atoms with Gasteiger partial charge in [-0.05, 0) is 39.3 Å². The number of hydrogen-bond acceptors (Lipinski definition) is 2. The summed E-state index contributed by atoms with van der Waals surface area (Å²) in [5.74, 6) is 0. The maximum absolute atomic E-state index is 10.4. The van der Waals surface area contributed by atoms with Crippen molar-refractivity contribution >= 4 is 6.03 Å². The number of rotatable bonds is 4. The number of nitrogens with two attached hydrogens (primary N) is 1. The molecule has 0 spiro atoms. The van der Waals surface area contributed by atoms with Gasteiger partial charge in [0.2, 0.25) is 0 Å². The Labute approximate surface area is 79.5 Å². The van der Waals surface area contributed by atoms with E-state index in [0.29, 0.717) is 12.6 Å². The van der Waals surface area contributed by atoms with Crippen LogP contribution in [-0.2, 0) is 0 Å². The normalized spacial score (nSPS) is 20.1. The molecular weight excluding hydrogens is 166 g/mol. The first kappa shape index (κ1) is 10.3. The van der Waals surface area contributed by atoms with Gasteiger partial charge in [0.15, 0.2) is 0 Å². The zero-order chi connectivity index (χ0) is 9.68. The number of carbonyl (C=O) groups is 1. The molecule has 1 heterocycles. The van der Waals surface area contributed by atoms with E-state index in [4.69, 9.17) is 5.73 Å². The van der Waals surface area contributed by atoms with E-state index in [9.17, 15) is 4.79 Å². The van der Waals surface area contributed by atoms with Gasteiger partial charge < -0.3 is 16.0 Å². The number of nitrogens with one attached hydrogen (secondary N) is 1. The maximum atomic E-state index is 10.4. The summed E-state index contributed by atoms with van der Waals surface area (Å²) in [6, 6.07) is 0.142. The fourth-order valence-electron chi connectivity index (χ4n) is 1.77. The molecule has 0 aromatic heterocycles. The van der Waals surface area contributed by atoms with E-state index in [1.165, 1.54) is 25.9 Å². The highest BCUT2D eigenvalue weighted by molar-refractivity contribution is 5.71. The predicted molar refractivity (Wildman–Crippen MR) is 52.5 cm³/mol. The lowest BCUT2D eigenvalue weighted by Gasteiger charge is -2.23. The van der Waals surface area contributed by atoms with Crippen LogP contribution < -0.4 is 11.1 Å². The van der Waals surface area contributed by atoms with Crippen molar-refractivity contribution in [2.45, 2.75) is 32.2 Å². The lowest BCUT2D eigenvalue weighted by atomic mass is 10.2. The van der Waals surface area contributed by atoms with Crippen LogP contribution in [0.4, 0.5) is 4.79 Å². The minimum atomic E-state index is -0.423. The fourth-order valence-corrected chi connectivity index (χ4v) is 1.77. The molecule has 0 aromatic carbocycles. The first-order valence-corrected chi connectivity index (χ1v) is 4.97. The molecule has 1 saturated heterocycles. The highest BCUT2D eigenvalue weighted by Crippen LogP contribution is 2.12. The second kappa shape index (κ2) is 5.07. The van der Waals surface area contributed by atoms with Gasteiger partial charge in [0.1, 0.15) is 0 Å². The van der Waals surface area contributed by atoms with E-state index >= 15 is 0 Å². The van der Waals surface area contributed by atoms with Gasteiger partial charge in [0.05, 0.1) is 0 Å². The largest absolute Gasteiger partial charge is 0.352 e. The van der Waals surface area contributed by atoms with Crippen LogP contribution in [0.15, 0.2) is 0 Å². The van der Waals surface area contributed by atoms with Gasteiger partial charge in [-0.15, -0.1) is 0 Å². The van der Waals surface area contributed by atoms with Gasteiger partial charge in [0, 0.05) is 12.6 Å². The van der Waals surface area contributed by atoms with Crippen molar-refractivity contribution in [3.05, 3.63) is 0 Å². The van der Waals surface area contributed by atoms with E-state index in [1.807, 2.05) is 0 Å². The van der Waals surface area contributed by atoms with Crippen molar-refractivity contribution in [1.29, 1.82) is 0 Å². The first-order valence-electron chi connectivity index (χ1n) is 4.97. The quantitative estimate of drug-likeness (QED) is 0.671. The predicted octanol–water partition coefficient (Wildman–Crippen LogP) is 0.529. The summed E-state index contributed by atoms with van der Waals surface area (Å²) in [6.07, 6.45) is 3.62. The molecule has 1 aliphatic rings. The van der Waals surface area contributed by atoms with Crippen molar-refractivity contribution in [1.82, 2.24) is 10.2 Å². The molecule has 1 rings (SSSR count). The molecule has 1 aliphatic heterocycles. The first-order chi connectivity index (χ1) is 6.20. The molecule has 4 heteroatoms. The fraction of sp³-hybridized carbons (Fsp3) is 0.889. The Balaban J connectivity index is 2.09. The molecular formula is C9H19N3O. The third-order valence-electron chi connectivity index (χ3n) is 2.63. The molecule has 1 fully saturated rings. The molecule has 0 saturated carbocycles. The van der Waals surface area contributed by atoms with Crippen LogP contribution in [0.1, 0.15) is 26.2 Å². The van der Waals surface area contributed by atoms with Crippen LogP contribution in [0.25, 0.3) is 0 Å². The summed E-state index contributed by atoms with van der Waals surface area (Å²) in [7, 11) is 0. The summed E-state index contributed by atoms with van der Waals surface area (Å²) in [5, 5.41) is 2.61. The van der Waals surface area contributed by atoms with Crippen LogP contribution in [-0.4, -0.2) is 36.6 Å². The van der Waals surface area contributed by atoms with E-state index < -0.39 is 6.03 Å². The SMILES string of the molecule is CC(CCNC(N)=O)N1CCCC1. The Kier molecular flexibility index (Phi) is 4.02. The Bertz CT molecular complexity index is 166. The third-order valence-corrected chi connectivity index (χ3v) is 2.63. The second-order valence-electron chi connectivity index (χ2n) is 3.67. The molecule has 13 heavy (non-hydrogen) atoms. The molecule has 0 radical (unpaired) electrons. The van der Waals surface area contributed by atoms with E-state index in [1.54, 1.807) is 0 Å². The van der Waals surface area contributed by atoms with Crippen LogP contribution in [0.2, 0.25) is 0 Å². The number of carbonyl (C=O) groups excluding carboxylic acids is 1. The van der Waals surface area contributed by atoms with Crippen molar-refractivity contribution in [3.8, 4) is 0 Å². The third kappa shape index (κ3) is 3.63. The van der Waals surface area contributed by atoms with E-state index in [2.05, 4.69) is 17.1 Å². The van der Waals surface area contributed by atoms with Crippen molar-refractivity contribution in [2.24, 2.45) is 5.73 Å². The standard InChI is InChI=1S/C9H19N3O/c1-8(4-5-11-9(10)13)12-6-2-3-7-12/h8H,2-7H2,1H3,(H3,10,11,13). The highest BCUT2D eigenvalue weighted by atomic mass is 16.2. The molecule has 0 aliphatic carbocycles. The number of amides is 2.